The van der Waals surface area contributed by atoms with Gasteiger partial charge in [0.25, 0.3) is 0 Å². The van der Waals surface area contributed by atoms with Crippen LogP contribution in [0.4, 0.5) is 0 Å². The van der Waals surface area contributed by atoms with Crippen LogP contribution >= 0.6 is 15.9 Å². The van der Waals surface area contributed by atoms with Gasteiger partial charge in [0.2, 0.25) is 0 Å². The molecule has 2 rings (SSSR count). The number of pyridine rings is 1. The summed E-state index contributed by atoms with van der Waals surface area (Å²) < 4.78 is 5.44. The zero-order chi connectivity index (χ0) is 12.3. The molecule has 0 saturated carbocycles. The predicted octanol–water partition coefficient (Wildman–Crippen LogP) is 3.30. The summed E-state index contributed by atoms with van der Waals surface area (Å²) in [4.78, 5) is 15.4. The second-order valence-electron chi connectivity index (χ2n) is 3.44. The van der Waals surface area contributed by atoms with Crippen molar-refractivity contribution in [2.45, 2.75) is 0 Å². The van der Waals surface area contributed by atoms with E-state index in [4.69, 9.17) is 0 Å². The summed E-state index contributed by atoms with van der Waals surface area (Å²) in [6, 6.07) is 11.1. The first-order valence-electron chi connectivity index (χ1n) is 5.01. The van der Waals surface area contributed by atoms with Gasteiger partial charge in [0, 0.05) is 11.8 Å². The van der Waals surface area contributed by atoms with Crippen LogP contribution in [0, 0.1) is 0 Å². The maximum Gasteiger partial charge on any atom is 0.337 e. The molecule has 0 aliphatic carbocycles. The normalized spacial score (nSPS) is 10.0. The third kappa shape index (κ3) is 2.71. The van der Waals surface area contributed by atoms with E-state index in [0.29, 0.717) is 5.56 Å². The van der Waals surface area contributed by atoms with E-state index in [0.717, 1.165) is 15.7 Å². The number of hydrogen-bond donors (Lipinski definition) is 0. The van der Waals surface area contributed by atoms with Crippen LogP contribution in [0.2, 0.25) is 0 Å². The molecule has 0 saturated heterocycles. The maximum atomic E-state index is 11.3. The van der Waals surface area contributed by atoms with Crippen LogP contribution in [0.25, 0.3) is 11.1 Å². The number of halogens is 1. The smallest absolute Gasteiger partial charge is 0.337 e. The van der Waals surface area contributed by atoms with Gasteiger partial charge >= 0.3 is 5.97 Å². The van der Waals surface area contributed by atoms with E-state index in [1.807, 2.05) is 24.3 Å². The van der Waals surface area contributed by atoms with E-state index >= 15 is 0 Å². The average molecular weight is 292 g/mol. The molecule has 2 aromatic rings. The van der Waals surface area contributed by atoms with Gasteiger partial charge in [0.1, 0.15) is 4.60 Å². The Morgan fingerprint density at radius 1 is 1.12 bits per heavy atom. The van der Waals surface area contributed by atoms with E-state index in [2.05, 4.69) is 25.7 Å². The van der Waals surface area contributed by atoms with Crippen molar-refractivity contribution < 1.29 is 9.53 Å². The number of hydrogen-bond acceptors (Lipinski definition) is 3. The van der Waals surface area contributed by atoms with Gasteiger partial charge in [-0.05, 0) is 39.7 Å². The zero-order valence-corrected chi connectivity index (χ0v) is 10.8. The van der Waals surface area contributed by atoms with Crippen LogP contribution in [0.15, 0.2) is 47.2 Å². The fraction of sp³-hybridized carbons (Fsp3) is 0.0769. The molecule has 0 atom stereocenters. The Balaban J connectivity index is 2.29. The molecule has 3 nitrogen and oxygen atoms in total. The summed E-state index contributed by atoms with van der Waals surface area (Å²) in [7, 11) is 1.37. The lowest BCUT2D eigenvalue weighted by atomic mass is 10.1. The van der Waals surface area contributed by atoms with Crippen molar-refractivity contribution in [3.05, 3.63) is 52.8 Å². The third-order valence-electron chi connectivity index (χ3n) is 2.37. The molecule has 0 aliphatic heterocycles. The lowest BCUT2D eigenvalue weighted by Crippen LogP contribution is -2.00. The molecule has 0 spiro atoms. The second kappa shape index (κ2) is 5.10. The summed E-state index contributed by atoms with van der Waals surface area (Å²) in [6.07, 6.45) is 1.78. The van der Waals surface area contributed by atoms with Gasteiger partial charge in [-0.15, -0.1) is 0 Å². The zero-order valence-electron chi connectivity index (χ0n) is 9.18. The van der Waals surface area contributed by atoms with Gasteiger partial charge in [-0.25, -0.2) is 9.78 Å². The SMILES string of the molecule is COC(=O)c1ccc(-c2ccc(Br)nc2)cc1. The molecule has 86 valence electrons. The minimum Gasteiger partial charge on any atom is -0.465 e. The molecule has 1 heterocycles. The van der Waals surface area contributed by atoms with Gasteiger partial charge < -0.3 is 4.74 Å². The molecule has 0 N–H and O–H groups in total. The van der Waals surface area contributed by atoms with E-state index in [-0.39, 0.29) is 5.97 Å². The van der Waals surface area contributed by atoms with E-state index < -0.39 is 0 Å². The van der Waals surface area contributed by atoms with Crippen molar-refractivity contribution >= 4 is 21.9 Å². The minimum atomic E-state index is -0.328. The Morgan fingerprint density at radius 2 is 1.76 bits per heavy atom. The van der Waals surface area contributed by atoms with Crippen LogP contribution in [-0.2, 0) is 4.74 Å². The predicted molar refractivity (Wildman–Crippen MR) is 68.7 cm³/mol. The second-order valence-corrected chi connectivity index (χ2v) is 4.25. The molecule has 1 aromatic carbocycles. The number of rotatable bonds is 2. The molecule has 17 heavy (non-hydrogen) atoms. The van der Waals surface area contributed by atoms with Crippen molar-refractivity contribution in [3.63, 3.8) is 0 Å². The standard InChI is InChI=1S/C13H10BrNO2/c1-17-13(16)10-4-2-9(3-5-10)11-6-7-12(14)15-8-11/h2-8H,1H3. The van der Waals surface area contributed by atoms with E-state index in [9.17, 15) is 4.79 Å². The molecule has 0 fully saturated rings. The van der Waals surface area contributed by atoms with Crippen molar-refractivity contribution in [1.82, 2.24) is 4.98 Å². The van der Waals surface area contributed by atoms with Crippen LogP contribution in [0.5, 0.6) is 0 Å². The number of nitrogens with zero attached hydrogens (tertiary/aromatic N) is 1. The molecule has 4 heteroatoms. The fourth-order valence-electron chi connectivity index (χ4n) is 1.46. The Labute approximate surface area is 108 Å². The number of carbonyl (C=O) groups excluding carboxylic acids is 1. The third-order valence-corrected chi connectivity index (χ3v) is 2.84. The van der Waals surface area contributed by atoms with Gasteiger partial charge in [-0.1, -0.05) is 18.2 Å². The van der Waals surface area contributed by atoms with Crippen molar-refractivity contribution in [1.29, 1.82) is 0 Å². The van der Waals surface area contributed by atoms with Crippen LogP contribution in [0.1, 0.15) is 10.4 Å². The van der Waals surface area contributed by atoms with Crippen LogP contribution in [-0.4, -0.2) is 18.1 Å². The lowest BCUT2D eigenvalue weighted by molar-refractivity contribution is 0.0601. The van der Waals surface area contributed by atoms with E-state index in [1.165, 1.54) is 7.11 Å². The summed E-state index contributed by atoms with van der Waals surface area (Å²) in [5.74, 6) is -0.328. The highest BCUT2D eigenvalue weighted by Gasteiger charge is 2.05. The molecule has 0 radical (unpaired) electrons. The van der Waals surface area contributed by atoms with Gasteiger partial charge in [0.05, 0.1) is 12.7 Å². The molecule has 0 aliphatic rings. The van der Waals surface area contributed by atoms with E-state index in [1.54, 1.807) is 18.3 Å². The monoisotopic (exact) mass is 291 g/mol. The Morgan fingerprint density at radius 3 is 2.29 bits per heavy atom. The van der Waals surface area contributed by atoms with Crippen LogP contribution in [0.3, 0.4) is 0 Å². The number of carbonyl (C=O) groups is 1. The number of aromatic nitrogens is 1. The summed E-state index contributed by atoms with van der Waals surface area (Å²) in [5, 5.41) is 0. The maximum absolute atomic E-state index is 11.3. The van der Waals surface area contributed by atoms with Crippen molar-refractivity contribution in [2.24, 2.45) is 0 Å². The number of methoxy groups -OCH3 is 1. The highest BCUT2D eigenvalue weighted by Crippen LogP contribution is 2.20. The Hall–Kier alpha value is -1.68. The van der Waals surface area contributed by atoms with Crippen molar-refractivity contribution in [2.75, 3.05) is 7.11 Å². The first-order valence-corrected chi connectivity index (χ1v) is 5.80. The quantitative estimate of drug-likeness (QED) is 0.629. The Bertz CT molecular complexity index is 520. The molecular formula is C13H10BrNO2. The fourth-order valence-corrected chi connectivity index (χ4v) is 1.70. The minimum absolute atomic E-state index is 0.328. The molecule has 0 unspecified atom stereocenters. The van der Waals surface area contributed by atoms with Crippen LogP contribution < -0.4 is 0 Å². The molecule has 0 bridgehead atoms. The first-order chi connectivity index (χ1) is 8.20. The highest BCUT2D eigenvalue weighted by atomic mass is 79.9. The summed E-state index contributed by atoms with van der Waals surface area (Å²) in [5.41, 5.74) is 2.56. The number of benzene rings is 1. The topological polar surface area (TPSA) is 39.2 Å². The highest BCUT2D eigenvalue weighted by molar-refractivity contribution is 9.10. The van der Waals surface area contributed by atoms with Crippen molar-refractivity contribution in [3.8, 4) is 11.1 Å². The van der Waals surface area contributed by atoms with Gasteiger partial charge in [0.15, 0.2) is 0 Å². The lowest BCUT2D eigenvalue weighted by Gasteiger charge is -2.03. The molecular weight excluding hydrogens is 282 g/mol. The van der Waals surface area contributed by atoms with Gasteiger partial charge in [-0.3, -0.25) is 0 Å². The number of ether oxygens (including phenoxy) is 1. The summed E-state index contributed by atoms with van der Waals surface area (Å²) in [6.45, 7) is 0. The first kappa shape index (κ1) is 11.8. The molecule has 0 amide bonds. The summed E-state index contributed by atoms with van der Waals surface area (Å²) >= 11 is 3.29. The number of esters is 1. The Kier molecular flexibility index (Phi) is 3.54. The largest absolute Gasteiger partial charge is 0.465 e. The van der Waals surface area contributed by atoms with Gasteiger partial charge in [-0.2, -0.15) is 0 Å². The average Bonchev–Trinajstić information content (AvgIpc) is 2.39. The molecule has 1 aromatic heterocycles.